The molecule has 2 aliphatic carbocycles. The molecule has 2 bridgehead atoms. The first-order valence-corrected chi connectivity index (χ1v) is 10.3. The van der Waals surface area contributed by atoms with Crippen molar-refractivity contribution >= 4 is 0 Å². The maximum absolute atomic E-state index is 10.5. The second-order valence-electron chi connectivity index (χ2n) is 9.03. The van der Waals surface area contributed by atoms with Gasteiger partial charge in [0.15, 0.2) is 11.5 Å². The van der Waals surface area contributed by atoms with Gasteiger partial charge >= 0.3 is 0 Å². The molecule has 3 heterocycles. The van der Waals surface area contributed by atoms with E-state index in [0.717, 1.165) is 25.1 Å². The minimum atomic E-state index is 0.0513. The Balaban J connectivity index is 1.55. The van der Waals surface area contributed by atoms with Crippen LogP contribution in [0, 0.1) is 5.92 Å². The summed E-state index contributed by atoms with van der Waals surface area (Å²) < 4.78 is 6.41. The lowest BCUT2D eigenvalue weighted by molar-refractivity contribution is -0.0457. The smallest absolute Gasteiger partial charge is 0.166 e. The van der Waals surface area contributed by atoms with Gasteiger partial charge in [0.1, 0.15) is 6.10 Å². The molecule has 2 saturated heterocycles. The predicted molar refractivity (Wildman–Crippen MR) is 101 cm³/mol. The molecule has 6 rings (SSSR count). The van der Waals surface area contributed by atoms with E-state index < -0.39 is 0 Å². The molecule has 0 amide bonds. The summed E-state index contributed by atoms with van der Waals surface area (Å²) in [5, 5.41) is 10.5. The Morgan fingerprint density at radius 3 is 2.81 bits per heavy atom. The van der Waals surface area contributed by atoms with Crippen LogP contribution in [0.5, 0.6) is 11.5 Å². The fraction of sp³-hybridized carbons (Fsp3) is 0.636. The first kappa shape index (κ1) is 15.5. The van der Waals surface area contributed by atoms with Gasteiger partial charge in [-0.1, -0.05) is 18.6 Å². The Hall–Kier alpha value is -1.52. The molecule has 5 atom stereocenters. The number of piperidine rings is 2. The molecule has 0 saturated carbocycles. The molecule has 0 radical (unpaired) electrons. The molecule has 0 unspecified atom stereocenters. The zero-order valence-corrected chi connectivity index (χ0v) is 15.5. The van der Waals surface area contributed by atoms with Crippen LogP contribution in [0.4, 0.5) is 0 Å². The zero-order chi connectivity index (χ0) is 17.5. The predicted octanol–water partition coefficient (Wildman–Crippen LogP) is 2.69. The van der Waals surface area contributed by atoms with E-state index >= 15 is 0 Å². The topological polar surface area (TPSA) is 35.9 Å². The highest BCUT2D eigenvalue weighted by atomic mass is 16.5. The van der Waals surface area contributed by atoms with Gasteiger partial charge in [-0.05, 0) is 70.1 Å². The van der Waals surface area contributed by atoms with Crippen LogP contribution >= 0.6 is 0 Å². The van der Waals surface area contributed by atoms with E-state index in [1.54, 1.807) is 0 Å². The summed E-state index contributed by atoms with van der Waals surface area (Å²) in [5.41, 5.74) is 2.80. The standard InChI is InChI=1S/C22H28N2O2/c1-23-12-9-22-18-8-6-15(24-10-3-2-4-11-24)20(22)16(23)13-14-5-7-17(25)21(26-18)19(14)22/h5-8,15-16,18,20,25H,2-4,9-13H2,1H3/t15-,16+,18-,20-,22+/m0/s1. The largest absolute Gasteiger partial charge is 0.504 e. The van der Waals surface area contributed by atoms with E-state index in [1.807, 2.05) is 6.07 Å². The molecule has 1 N–H and O–H groups in total. The molecule has 3 aliphatic heterocycles. The van der Waals surface area contributed by atoms with Crippen molar-refractivity contribution in [3.8, 4) is 11.5 Å². The minimum absolute atomic E-state index is 0.0513. The lowest BCUT2D eigenvalue weighted by Gasteiger charge is -2.60. The van der Waals surface area contributed by atoms with Gasteiger partial charge < -0.3 is 14.7 Å². The van der Waals surface area contributed by atoms with Gasteiger partial charge in [0.05, 0.1) is 0 Å². The van der Waals surface area contributed by atoms with Crippen molar-refractivity contribution in [3.63, 3.8) is 0 Å². The van der Waals surface area contributed by atoms with Gasteiger partial charge in [0.2, 0.25) is 0 Å². The number of hydrogen-bond acceptors (Lipinski definition) is 4. The summed E-state index contributed by atoms with van der Waals surface area (Å²) in [4.78, 5) is 5.33. The van der Waals surface area contributed by atoms with Crippen molar-refractivity contribution in [2.24, 2.45) is 5.92 Å². The van der Waals surface area contributed by atoms with Crippen LogP contribution in [0.15, 0.2) is 24.3 Å². The minimum Gasteiger partial charge on any atom is -0.504 e. The van der Waals surface area contributed by atoms with Crippen LogP contribution in [-0.2, 0) is 11.8 Å². The fourth-order valence-electron chi connectivity index (χ4n) is 6.87. The maximum Gasteiger partial charge on any atom is 0.166 e. The Bertz CT molecular complexity index is 785. The third-order valence-electron chi connectivity index (χ3n) is 7.99. The monoisotopic (exact) mass is 352 g/mol. The zero-order valence-electron chi connectivity index (χ0n) is 15.5. The van der Waals surface area contributed by atoms with Crippen molar-refractivity contribution in [2.75, 3.05) is 26.7 Å². The summed E-state index contributed by atoms with van der Waals surface area (Å²) in [6.07, 6.45) is 11.1. The number of rotatable bonds is 1. The molecule has 2 fully saturated rings. The molecule has 138 valence electrons. The first-order valence-electron chi connectivity index (χ1n) is 10.3. The van der Waals surface area contributed by atoms with Crippen molar-refractivity contribution in [1.82, 2.24) is 9.80 Å². The van der Waals surface area contributed by atoms with Gasteiger partial charge in [-0.15, -0.1) is 0 Å². The normalized spacial score (nSPS) is 41.0. The summed E-state index contributed by atoms with van der Waals surface area (Å²) in [7, 11) is 2.31. The Kier molecular flexibility index (Phi) is 3.14. The van der Waals surface area contributed by atoms with E-state index in [4.69, 9.17) is 4.74 Å². The number of phenols is 1. The van der Waals surface area contributed by atoms with Gasteiger partial charge in [-0.25, -0.2) is 0 Å². The van der Waals surface area contributed by atoms with Crippen LogP contribution in [-0.4, -0.2) is 59.8 Å². The summed E-state index contributed by atoms with van der Waals surface area (Å²) >= 11 is 0. The molecular formula is C22H28N2O2. The maximum atomic E-state index is 10.5. The lowest BCUT2D eigenvalue weighted by Crippen LogP contribution is -2.68. The number of hydrogen-bond donors (Lipinski definition) is 1. The van der Waals surface area contributed by atoms with Gasteiger partial charge in [0.25, 0.3) is 0 Å². The third kappa shape index (κ3) is 1.77. The quantitative estimate of drug-likeness (QED) is 0.789. The number of phenolic OH excluding ortho intramolecular Hbond substituents is 1. The van der Waals surface area contributed by atoms with Crippen LogP contribution in [0.2, 0.25) is 0 Å². The molecule has 26 heavy (non-hydrogen) atoms. The van der Waals surface area contributed by atoms with E-state index in [1.165, 1.54) is 43.5 Å². The van der Waals surface area contributed by atoms with Crippen molar-refractivity contribution in [2.45, 2.75) is 55.7 Å². The highest BCUT2D eigenvalue weighted by molar-refractivity contribution is 5.61. The SMILES string of the molecule is CN1CC[C@]23c4c5ccc(O)c4O[C@H]2C=C[C@H](N2CCCCC2)[C@H]3[C@H]1C5. The molecule has 4 nitrogen and oxygen atoms in total. The second kappa shape index (κ2) is 5.26. The Morgan fingerprint density at radius 2 is 1.96 bits per heavy atom. The van der Waals surface area contributed by atoms with Crippen LogP contribution in [0.3, 0.4) is 0 Å². The van der Waals surface area contributed by atoms with Crippen LogP contribution in [0.1, 0.15) is 36.8 Å². The number of likely N-dealkylation sites (N-methyl/N-ethyl adjacent to an activating group) is 1. The van der Waals surface area contributed by atoms with E-state index in [-0.39, 0.29) is 11.5 Å². The van der Waals surface area contributed by atoms with Gasteiger partial charge in [-0.3, -0.25) is 4.90 Å². The lowest BCUT2D eigenvalue weighted by atomic mass is 9.52. The molecule has 0 aromatic heterocycles. The summed E-state index contributed by atoms with van der Waals surface area (Å²) in [5.74, 6) is 1.67. The van der Waals surface area contributed by atoms with Crippen molar-refractivity contribution in [3.05, 3.63) is 35.4 Å². The van der Waals surface area contributed by atoms with Gasteiger partial charge in [-0.2, -0.15) is 0 Å². The number of ether oxygens (including phenoxy) is 1. The molecule has 5 aliphatic rings. The molecular weight excluding hydrogens is 324 g/mol. The average Bonchev–Trinajstić information content (AvgIpc) is 3.01. The van der Waals surface area contributed by atoms with Crippen molar-refractivity contribution in [1.29, 1.82) is 0 Å². The van der Waals surface area contributed by atoms with Crippen LogP contribution in [0.25, 0.3) is 0 Å². The molecule has 1 aromatic rings. The Morgan fingerprint density at radius 1 is 1.12 bits per heavy atom. The Labute approximate surface area is 155 Å². The van der Waals surface area contributed by atoms with Crippen molar-refractivity contribution < 1.29 is 9.84 Å². The summed E-state index contributed by atoms with van der Waals surface area (Å²) in [6, 6.07) is 5.06. The van der Waals surface area contributed by atoms with Crippen LogP contribution < -0.4 is 4.74 Å². The average molecular weight is 352 g/mol. The highest BCUT2D eigenvalue weighted by Gasteiger charge is 2.64. The number of benzene rings is 1. The van der Waals surface area contributed by atoms with Gasteiger partial charge in [0, 0.05) is 29.0 Å². The third-order valence-corrected chi connectivity index (χ3v) is 7.99. The number of nitrogens with zero attached hydrogens (tertiary/aromatic N) is 2. The van der Waals surface area contributed by atoms with E-state index in [9.17, 15) is 5.11 Å². The number of likely N-dealkylation sites (tertiary alicyclic amines) is 2. The first-order chi connectivity index (χ1) is 12.7. The van der Waals surface area contributed by atoms with E-state index in [2.05, 4.69) is 35.1 Å². The molecule has 1 aromatic carbocycles. The molecule has 1 spiro atoms. The molecule has 4 heteroatoms. The number of aromatic hydroxyl groups is 1. The highest BCUT2D eigenvalue weighted by Crippen LogP contribution is 2.62. The summed E-state index contributed by atoms with van der Waals surface area (Å²) in [6.45, 7) is 3.57. The fourth-order valence-corrected chi connectivity index (χ4v) is 6.87. The second-order valence-corrected chi connectivity index (χ2v) is 9.03. The van der Waals surface area contributed by atoms with E-state index in [0.29, 0.717) is 23.8 Å².